The number of sulfonamides is 1. The first-order valence-corrected chi connectivity index (χ1v) is 11.6. The maximum absolute atomic E-state index is 12.9. The third-order valence-electron chi connectivity index (χ3n) is 4.53. The number of rotatable bonds is 3. The Morgan fingerprint density at radius 1 is 0.839 bits per heavy atom. The number of benzene rings is 3. The van der Waals surface area contributed by atoms with E-state index in [1.807, 2.05) is 29.0 Å². The van der Waals surface area contributed by atoms with E-state index in [-0.39, 0.29) is 15.1 Å². The summed E-state index contributed by atoms with van der Waals surface area (Å²) in [7, 11) is -4.39. The minimum absolute atomic E-state index is 0.0804. The number of nitrogens with one attached hydrogen (secondary N) is 1. The molecule has 0 spiro atoms. The Bertz CT molecular complexity index is 1230. The van der Waals surface area contributed by atoms with Gasteiger partial charge in [-0.1, -0.05) is 71.2 Å². The van der Waals surface area contributed by atoms with Crippen molar-refractivity contribution in [2.24, 2.45) is 0 Å². The Balaban J connectivity index is 1.67. The summed E-state index contributed by atoms with van der Waals surface area (Å²) in [6.07, 6.45) is -1.04. The average Bonchev–Trinajstić information content (AvgIpc) is 2.71. The van der Waals surface area contributed by atoms with Crippen LogP contribution >= 0.6 is 34.8 Å². The molecule has 0 fully saturated rings. The maximum Gasteiger partial charge on any atom is 0.322 e. The maximum atomic E-state index is 12.9. The van der Waals surface area contributed by atoms with Crippen LogP contribution in [-0.2, 0) is 21.2 Å². The quantitative estimate of drug-likeness (QED) is 0.523. The third kappa shape index (κ3) is 4.45. The Morgan fingerprint density at radius 2 is 1.39 bits per heavy atom. The lowest BCUT2D eigenvalue weighted by atomic mass is 10.0. The Hall–Kier alpha value is -2.45. The molecule has 0 saturated heterocycles. The van der Waals surface area contributed by atoms with Gasteiger partial charge in [0.1, 0.15) is 16.4 Å². The second-order valence-corrected chi connectivity index (χ2v) is 9.42. The SMILES string of the molecule is O=C(NS(=O)(=O)c1ccc(Cl)c(Cl)c1Cl)C1Oc2ccccc2Cc2ccccc2O1. The molecule has 0 saturated carbocycles. The molecule has 1 heterocycles. The topological polar surface area (TPSA) is 81.7 Å². The molecule has 31 heavy (non-hydrogen) atoms. The molecular formula is C21H14Cl3NO5S. The molecule has 0 radical (unpaired) electrons. The Kier molecular flexibility index (Phi) is 6.03. The van der Waals surface area contributed by atoms with Gasteiger partial charge in [-0.15, -0.1) is 0 Å². The van der Waals surface area contributed by atoms with Crippen LogP contribution < -0.4 is 14.2 Å². The van der Waals surface area contributed by atoms with Gasteiger partial charge in [-0.05, 0) is 35.4 Å². The van der Waals surface area contributed by atoms with Gasteiger partial charge in [0.05, 0.1) is 15.1 Å². The summed E-state index contributed by atoms with van der Waals surface area (Å²) < 4.78 is 39.0. The highest BCUT2D eigenvalue weighted by molar-refractivity contribution is 7.90. The summed E-state index contributed by atoms with van der Waals surface area (Å²) in [6.45, 7) is 0. The predicted octanol–water partition coefficient (Wildman–Crippen LogP) is 4.84. The van der Waals surface area contributed by atoms with Crippen LogP contribution in [-0.4, -0.2) is 20.6 Å². The number of carbonyl (C=O) groups is 1. The second kappa shape index (κ2) is 8.59. The number of para-hydroxylation sites is 2. The average molecular weight is 499 g/mol. The Morgan fingerprint density at radius 3 is 1.97 bits per heavy atom. The van der Waals surface area contributed by atoms with E-state index >= 15 is 0 Å². The lowest BCUT2D eigenvalue weighted by Gasteiger charge is -2.25. The van der Waals surface area contributed by atoms with Crippen LogP contribution in [0.1, 0.15) is 11.1 Å². The van der Waals surface area contributed by atoms with Crippen molar-refractivity contribution in [2.45, 2.75) is 17.6 Å². The van der Waals surface area contributed by atoms with Gasteiger partial charge < -0.3 is 9.47 Å². The van der Waals surface area contributed by atoms with E-state index in [1.54, 1.807) is 24.3 Å². The van der Waals surface area contributed by atoms with Crippen LogP contribution in [0.5, 0.6) is 11.5 Å². The van der Waals surface area contributed by atoms with Crippen molar-refractivity contribution in [3.63, 3.8) is 0 Å². The highest BCUT2D eigenvalue weighted by Gasteiger charge is 2.32. The smallest absolute Gasteiger partial charge is 0.322 e. The third-order valence-corrected chi connectivity index (χ3v) is 7.33. The molecule has 6 nitrogen and oxygen atoms in total. The van der Waals surface area contributed by atoms with Crippen LogP contribution in [0, 0.1) is 0 Å². The fraction of sp³-hybridized carbons (Fsp3) is 0.0952. The molecule has 10 heteroatoms. The highest BCUT2D eigenvalue weighted by Crippen LogP contribution is 2.35. The highest BCUT2D eigenvalue weighted by atomic mass is 35.5. The van der Waals surface area contributed by atoms with Gasteiger partial charge in [0.2, 0.25) is 0 Å². The molecule has 1 aliphatic rings. The van der Waals surface area contributed by atoms with E-state index < -0.39 is 27.1 Å². The first-order chi connectivity index (χ1) is 14.8. The molecule has 1 amide bonds. The van der Waals surface area contributed by atoms with Gasteiger partial charge in [-0.2, -0.15) is 0 Å². The summed E-state index contributed by atoms with van der Waals surface area (Å²) in [5, 5.41) is -0.360. The number of hydrogen-bond acceptors (Lipinski definition) is 5. The first-order valence-electron chi connectivity index (χ1n) is 8.95. The summed E-state index contributed by atoms with van der Waals surface area (Å²) in [5.41, 5.74) is 1.65. The fourth-order valence-corrected chi connectivity index (χ4v) is 5.00. The molecular weight excluding hydrogens is 485 g/mol. The van der Waals surface area contributed by atoms with Gasteiger partial charge >= 0.3 is 12.2 Å². The van der Waals surface area contributed by atoms with E-state index in [4.69, 9.17) is 44.3 Å². The van der Waals surface area contributed by atoms with Crippen molar-refractivity contribution in [3.8, 4) is 11.5 Å². The second-order valence-electron chi connectivity index (χ2n) is 6.60. The van der Waals surface area contributed by atoms with Crippen LogP contribution in [0.3, 0.4) is 0 Å². The van der Waals surface area contributed by atoms with Crippen LogP contribution in [0.25, 0.3) is 0 Å². The van der Waals surface area contributed by atoms with Crippen LogP contribution in [0.2, 0.25) is 15.1 Å². The Labute approximate surface area is 193 Å². The normalized spacial score (nSPS) is 13.6. The van der Waals surface area contributed by atoms with Gasteiger partial charge in [0.25, 0.3) is 10.0 Å². The molecule has 0 atom stereocenters. The summed E-state index contributed by atoms with van der Waals surface area (Å²) in [5.74, 6) is -0.224. The minimum Gasteiger partial charge on any atom is -0.446 e. The van der Waals surface area contributed by atoms with Crippen molar-refractivity contribution in [1.82, 2.24) is 4.72 Å². The van der Waals surface area contributed by atoms with E-state index in [1.165, 1.54) is 6.07 Å². The number of carbonyl (C=O) groups excluding carboxylic acids is 1. The van der Waals surface area contributed by atoms with Gasteiger partial charge in [0.15, 0.2) is 0 Å². The molecule has 3 aromatic carbocycles. The van der Waals surface area contributed by atoms with Crippen molar-refractivity contribution in [2.75, 3.05) is 0 Å². The van der Waals surface area contributed by atoms with E-state index in [0.717, 1.165) is 17.2 Å². The molecule has 160 valence electrons. The monoisotopic (exact) mass is 497 g/mol. The molecule has 1 aliphatic heterocycles. The number of amides is 1. The molecule has 1 N–H and O–H groups in total. The zero-order valence-corrected chi connectivity index (χ0v) is 18.7. The summed E-state index contributed by atoms with van der Waals surface area (Å²) in [4.78, 5) is 12.5. The van der Waals surface area contributed by atoms with Crippen LogP contribution in [0.4, 0.5) is 0 Å². The molecule has 0 unspecified atom stereocenters. The van der Waals surface area contributed by atoms with Gasteiger partial charge in [0, 0.05) is 6.42 Å². The van der Waals surface area contributed by atoms with Crippen LogP contribution in [0.15, 0.2) is 65.6 Å². The predicted molar refractivity (Wildman–Crippen MR) is 118 cm³/mol. The van der Waals surface area contributed by atoms with Crippen molar-refractivity contribution >= 4 is 50.7 Å². The molecule has 0 aliphatic carbocycles. The summed E-state index contributed by atoms with van der Waals surface area (Å²) in [6, 6.07) is 16.7. The first kappa shape index (κ1) is 21.8. The van der Waals surface area contributed by atoms with E-state index in [0.29, 0.717) is 17.9 Å². The van der Waals surface area contributed by atoms with Gasteiger partial charge in [-0.3, -0.25) is 4.79 Å². The largest absolute Gasteiger partial charge is 0.446 e. The zero-order chi connectivity index (χ0) is 22.2. The molecule has 0 aromatic heterocycles. The number of halogens is 3. The fourth-order valence-electron chi connectivity index (χ4n) is 3.05. The number of hydrogen-bond donors (Lipinski definition) is 1. The van der Waals surface area contributed by atoms with Gasteiger partial charge in [-0.25, -0.2) is 13.1 Å². The lowest BCUT2D eigenvalue weighted by molar-refractivity contribution is -0.138. The summed E-state index contributed by atoms with van der Waals surface area (Å²) >= 11 is 17.8. The van der Waals surface area contributed by atoms with Crippen molar-refractivity contribution < 1.29 is 22.7 Å². The van der Waals surface area contributed by atoms with Crippen molar-refractivity contribution in [1.29, 1.82) is 0 Å². The molecule has 0 bridgehead atoms. The van der Waals surface area contributed by atoms with E-state index in [9.17, 15) is 13.2 Å². The number of ether oxygens (including phenoxy) is 2. The van der Waals surface area contributed by atoms with Crippen molar-refractivity contribution in [3.05, 3.63) is 86.9 Å². The number of fused-ring (bicyclic) bond motifs is 2. The molecule has 3 aromatic rings. The lowest BCUT2D eigenvalue weighted by Crippen LogP contribution is -2.45. The standard InChI is InChI=1S/C21H14Cl3NO5S/c22-14-9-10-17(19(24)18(14)23)31(27,28)25-20(26)21-29-15-7-3-1-5-12(15)11-13-6-2-4-8-16(13)30-21/h1-10,21H,11H2,(H,25,26). The van der Waals surface area contributed by atoms with E-state index in [2.05, 4.69) is 0 Å². The minimum atomic E-state index is -4.39. The molecule has 4 rings (SSSR count). The zero-order valence-electron chi connectivity index (χ0n) is 15.6.